The molecule has 2 N–H and O–H groups in total. The number of nitrogens with two attached hydrogens (primary N) is 1. The Balaban J connectivity index is 0.00000147. The molecular formula is C15H27ClF2N2. The third-order valence-corrected chi connectivity index (χ3v) is 5.49. The summed E-state index contributed by atoms with van der Waals surface area (Å²) in [5.41, 5.74) is 6.21. The molecule has 2 nitrogen and oxygen atoms in total. The van der Waals surface area contributed by atoms with Crippen molar-refractivity contribution in [3.8, 4) is 0 Å². The first-order valence-electron chi connectivity index (χ1n) is 7.89. The van der Waals surface area contributed by atoms with E-state index >= 15 is 0 Å². The molecule has 1 aliphatic heterocycles. The first kappa shape index (κ1) is 16.4. The van der Waals surface area contributed by atoms with E-state index in [0.717, 1.165) is 38.4 Å². The number of halogens is 3. The molecule has 5 heteroatoms. The molecule has 20 heavy (non-hydrogen) atoms. The summed E-state index contributed by atoms with van der Waals surface area (Å²) in [6, 6.07) is 0.344. The molecule has 0 aromatic rings. The van der Waals surface area contributed by atoms with Crippen LogP contribution in [0.2, 0.25) is 0 Å². The third kappa shape index (κ3) is 3.63. The molecule has 3 aliphatic rings. The molecule has 2 saturated carbocycles. The zero-order valence-corrected chi connectivity index (χ0v) is 12.9. The van der Waals surface area contributed by atoms with E-state index in [9.17, 15) is 8.78 Å². The van der Waals surface area contributed by atoms with Gasteiger partial charge in [0.25, 0.3) is 0 Å². The van der Waals surface area contributed by atoms with Gasteiger partial charge in [0.05, 0.1) is 0 Å². The summed E-state index contributed by atoms with van der Waals surface area (Å²) in [7, 11) is 0. The van der Waals surface area contributed by atoms with Crippen LogP contribution in [-0.4, -0.2) is 36.5 Å². The van der Waals surface area contributed by atoms with Gasteiger partial charge >= 0.3 is 0 Å². The maximum absolute atomic E-state index is 13.4. The Bertz CT molecular complexity index is 327. The number of hydrogen-bond donors (Lipinski definition) is 1. The van der Waals surface area contributed by atoms with E-state index in [1.54, 1.807) is 0 Å². The number of fused-ring (bicyclic) bond motifs is 1. The van der Waals surface area contributed by atoms with E-state index in [-0.39, 0.29) is 31.2 Å². The molecule has 0 aromatic heterocycles. The van der Waals surface area contributed by atoms with Crippen LogP contribution >= 0.6 is 12.4 Å². The molecule has 0 amide bonds. The van der Waals surface area contributed by atoms with Crippen LogP contribution in [0.4, 0.5) is 8.78 Å². The molecule has 3 fully saturated rings. The van der Waals surface area contributed by atoms with Gasteiger partial charge in [-0.05, 0) is 43.4 Å². The van der Waals surface area contributed by atoms with Crippen LogP contribution in [0.25, 0.3) is 0 Å². The second kappa shape index (κ2) is 6.45. The van der Waals surface area contributed by atoms with Crippen molar-refractivity contribution in [3.05, 3.63) is 0 Å². The van der Waals surface area contributed by atoms with E-state index in [0.29, 0.717) is 18.4 Å². The van der Waals surface area contributed by atoms with Gasteiger partial charge in [0.15, 0.2) is 0 Å². The molecule has 0 radical (unpaired) electrons. The molecule has 1 saturated heterocycles. The van der Waals surface area contributed by atoms with E-state index in [1.807, 2.05) is 0 Å². The van der Waals surface area contributed by atoms with Gasteiger partial charge in [-0.15, -0.1) is 12.4 Å². The molecule has 4 atom stereocenters. The Hall–Kier alpha value is 0.0700. The average Bonchev–Trinajstić information content (AvgIpc) is 2.71. The van der Waals surface area contributed by atoms with Crippen molar-refractivity contribution in [2.24, 2.45) is 23.5 Å². The summed E-state index contributed by atoms with van der Waals surface area (Å²) in [6.45, 7) is 3.02. The minimum Gasteiger partial charge on any atom is -0.327 e. The number of rotatable bonds is 2. The third-order valence-electron chi connectivity index (χ3n) is 5.49. The maximum Gasteiger partial charge on any atom is 0.248 e. The Kier molecular flexibility index (Phi) is 5.30. The minimum absolute atomic E-state index is 0. The van der Waals surface area contributed by atoms with Crippen LogP contribution < -0.4 is 5.73 Å². The standard InChI is InChI=1S/C15H26F2N2.ClH/c16-15(17)6-2-3-11(7-15)8-19-9-12-4-1-5-14(18)13(12)10-19;/h11-14H,1-10,18H2;1H. The van der Waals surface area contributed by atoms with Crippen molar-refractivity contribution in [2.75, 3.05) is 19.6 Å². The first-order valence-corrected chi connectivity index (χ1v) is 7.89. The molecule has 0 spiro atoms. The Morgan fingerprint density at radius 3 is 2.60 bits per heavy atom. The van der Waals surface area contributed by atoms with Gasteiger partial charge in [-0.3, -0.25) is 0 Å². The van der Waals surface area contributed by atoms with E-state index in [2.05, 4.69) is 4.90 Å². The van der Waals surface area contributed by atoms with Crippen molar-refractivity contribution in [1.82, 2.24) is 4.90 Å². The fraction of sp³-hybridized carbons (Fsp3) is 1.00. The monoisotopic (exact) mass is 308 g/mol. The molecule has 118 valence electrons. The Morgan fingerprint density at radius 1 is 1.10 bits per heavy atom. The van der Waals surface area contributed by atoms with Crippen LogP contribution in [0, 0.1) is 17.8 Å². The SMILES string of the molecule is Cl.NC1CCCC2CN(CC3CCCC(F)(F)C3)CC12. The smallest absolute Gasteiger partial charge is 0.248 e. The van der Waals surface area contributed by atoms with Gasteiger partial charge in [-0.1, -0.05) is 6.42 Å². The van der Waals surface area contributed by atoms with Gasteiger partial charge in [-0.2, -0.15) is 0 Å². The van der Waals surface area contributed by atoms with Gasteiger partial charge in [0.2, 0.25) is 5.92 Å². The van der Waals surface area contributed by atoms with E-state index in [4.69, 9.17) is 5.73 Å². The fourth-order valence-corrected chi connectivity index (χ4v) is 4.55. The number of alkyl halides is 2. The van der Waals surface area contributed by atoms with Gasteiger partial charge in [-0.25, -0.2) is 8.78 Å². The molecule has 0 aromatic carbocycles. The summed E-state index contributed by atoms with van der Waals surface area (Å²) < 4.78 is 26.9. The van der Waals surface area contributed by atoms with Crippen molar-refractivity contribution in [2.45, 2.75) is 56.9 Å². The molecular weight excluding hydrogens is 282 g/mol. The average molecular weight is 309 g/mol. The van der Waals surface area contributed by atoms with Crippen molar-refractivity contribution in [3.63, 3.8) is 0 Å². The maximum atomic E-state index is 13.4. The predicted octanol–water partition coefficient (Wildman–Crippen LogP) is 3.29. The summed E-state index contributed by atoms with van der Waals surface area (Å²) in [4.78, 5) is 2.42. The summed E-state index contributed by atoms with van der Waals surface area (Å²) in [5.74, 6) is -0.864. The van der Waals surface area contributed by atoms with Gasteiger partial charge in [0, 0.05) is 38.5 Å². The van der Waals surface area contributed by atoms with Gasteiger partial charge < -0.3 is 10.6 Å². The highest BCUT2D eigenvalue weighted by Crippen LogP contribution is 2.39. The first-order chi connectivity index (χ1) is 9.03. The van der Waals surface area contributed by atoms with Crippen molar-refractivity contribution < 1.29 is 8.78 Å². The summed E-state index contributed by atoms with van der Waals surface area (Å²) in [5, 5.41) is 0. The molecule has 4 unspecified atom stereocenters. The topological polar surface area (TPSA) is 29.3 Å². The lowest BCUT2D eigenvalue weighted by atomic mass is 9.78. The lowest BCUT2D eigenvalue weighted by molar-refractivity contribution is -0.0562. The lowest BCUT2D eigenvalue weighted by Crippen LogP contribution is -2.38. The molecule has 0 bridgehead atoms. The number of likely N-dealkylation sites (tertiary alicyclic amines) is 1. The highest BCUT2D eigenvalue weighted by Gasteiger charge is 2.41. The summed E-state index contributed by atoms with van der Waals surface area (Å²) in [6.07, 6.45) is 5.56. The van der Waals surface area contributed by atoms with Crippen LogP contribution in [0.3, 0.4) is 0 Å². The van der Waals surface area contributed by atoms with Crippen molar-refractivity contribution >= 4 is 12.4 Å². The Labute approximate surface area is 126 Å². The highest BCUT2D eigenvalue weighted by atomic mass is 35.5. The van der Waals surface area contributed by atoms with Crippen LogP contribution in [-0.2, 0) is 0 Å². The van der Waals surface area contributed by atoms with Crippen LogP contribution in [0.1, 0.15) is 44.9 Å². The fourth-order valence-electron chi connectivity index (χ4n) is 4.55. The number of hydrogen-bond acceptors (Lipinski definition) is 2. The number of nitrogens with zero attached hydrogens (tertiary/aromatic N) is 1. The normalized spacial score (nSPS) is 41.0. The largest absolute Gasteiger partial charge is 0.327 e. The second-order valence-electron chi connectivity index (χ2n) is 7.06. The second-order valence-corrected chi connectivity index (χ2v) is 7.06. The van der Waals surface area contributed by atoms with E-state index < -0.39 is 5.92 Å². The molecule has 3 rings (SSSR count). The van der Waals surface area contributed by atoms with Crippen molar-refractivity contribution in [1.29, 1.82) is 0 Å². The van der Waals surface area contributed by atoms with E-state index in [1.165, 1.54) is 12.8 Å². The molecule has 2 aliphatic carbocycles. The zero-order valence-electron chi connectivity index (χ0n) is 12.1. The zero-order chi connectivity index (χ0) is 13.5. The lowest BCUT2D eigenvalue weighted by Gasteiger charge is -2.31. The minimum atomic E-state index is -2.41. The Morgan fingerprint density at radius 2 is 1.90 bits per heavy atom. The summed E-state index contributed by atoms with van der Waals surface area (Å²) >= 11 is 0. The molecule has 1 heterocycles. The van der Waals surface area contributed by atoms with Gasteiger partial charge in [0.1, 0.15) is 0 Å². The quantitative estimate of drug-likeness (QED) is 0.848. The van der Waals surface area contributed by atoms with Crippen LogP contribution in [0.15, 0.2) is 0 Å². The van der Waals surface area contributed by atoms with Crippen LogP contribution in [0.5, 0.6) is 0 Å². The predicted molar refractivity (Wildman–Crippen MR) is 79.4 cm³/mol. The highest BCUT2D eigenvalue weighted by molar-refractivity contribution is 5.85.